The molecule has 2 rings (SSSR count). The van der Waals surface area contributed by atoms with E-state index in [0.29, 0.717) is 30.5 Å². The number of aliphatic hydroxyl groups excluding tert-OH is 1. The fraction of sp³-hybridized carbons (Fsp3) is 0.333. The highest BCUT2D eigenvalue weighted by atomic mass is 127. The van der Waals surface area contributed by atoms with Crippen LogP contribution in [0, 0.1) is 0 Å². The van der Waals surface area contributed by atoms with E-state index in [1.165, 1.54) is 6.92 Å². The summed E-state index contributed by atoms with van der Waals surface area (Å²) in [4.78, 5) is 15.6. The molecule has 0 aliphatic heterocycles. The largest absolute Gasteiger partial charge is 0.495 e. The first-order valence-electron chi connectivity index (χ1n) is 9.12. The lowest BCUT2D eigenvalue weighted by molar-refractivity contribution is -0.114. The summed E-state index contributed by atoms with van der Waals surface area (Å²) in [5.41, 5.74) is 2.67. The first kappa shape index (κ1) is 24.7. The number of benzene rings is 2. The number of anilines is 1. The van der Waals surface area contributed by atoms with Crippen LogP contribution in [0.4, 0.5) is 5.69 Å². The van der Waals surface area contributed by atoms with Gasteiger partial charge in [0.25, 0.3) is 0 Å². The van der Waals surface area contributed by atoms with Gasteiger partial charge in [0.15, 0.2) is 5.96 Å². The standard InChI is InChI=1S/C21H28N4O3.HI/c1-15(27)25-19-11-16(9-10-20(19)28-3)12-23-21(22-2)24-13-18(14-26)17-7-5-4-6-8-17;/h4-11,18,26H,12-14H2,1-3H3,(H,25,27)(H2,22,23,24);1H. The molecule has 0 spiro atoms. The number of methoxy groups -OCH3 is 1. The zero-order valence-electron chi connectivity index (χ0n) is 16.9. The summed E-state index contributed by atoms with van der Waals surface area (Å²) in [5.74, 6) is 1.06. The van der Waals surface area contributed by atoms with Gasteiger partial charge >= 0.3 is 0 Å². The van der Waals surface area contributed by atoms with Crippen LogP contribution in [0.25, 0.3) is 0 Å². The van der Waals surface area contributed by atoms with E-state index < -0.39 is 0 Å². The number of hydrogen-bond donors (Lipinski definition) is 4. The van der Waals surface area contributed by atoms with Gasteiger partial charge in [-0.3, -0.25) is 9.79 Å². The molecular formula is C21H29IN4O3. The maximum atomic E-state index is 11.4. The first-order valence-corrected chi connectivity index (χ1v) is 9.12. The number of halogens is 1. The lowest BCUT2D eigenvalue weighted by Crippen LogP contribution is -2.39. The van der Waals surface area contributed by atoms with Crippen LogP contribution in [0.3, 0.4) is 0 Å². The quantitative estimate of drug-likeness (QED) is 0.248. The number of aliphatic imine (C=N–C) groups is 1. The predicted molar refractivity (Wildman–Crippen MR) is 127 cm³/mol. The Bertz CT molecular complexity index is 800. The number of carbonyl (C=O) groups is 1. The van der Waals surface area contributed by atoms with Crippen LogP contribution >= 0.6 is 24.0 Å². The number of nitrogens with zero attached hydrogens (tertiary/aromatic N) is 1. The third kappa shape index (κ3) is 7.90. The van der Waals surface area contributed by atoms with Crippen LogP contribution in [0.15, 0.2) is 53.5 Å². The number of aliphatic hydroxyl groups is 1. The van der Waals surface area contributed by atoms with Crippen molar-refractivity contribution >= 4 is 41.5 Å². The average Bonchev–Trinajstić information content (AvgIpc) is 2.71. The van der Waals surface area contributed by atoms with Gasteiger partial charge in [-0.05, 0) is 23.3 Å². The summed E-state index contributed by atoms with van der Waals surface area (Å²) in [6.07, 6.45) is 0. The molecule has 158 valence electrons. The fourth-order valence-electron chi connectivity index (χ4n) is 2.79. The van der Waals surface area contributed by atoms with E-state index >= 15 is 0 Å². The second kappa shape index (κ2) is 13.0. The second-order valence-corrected chi connectivity index (χ2v) is 6.31. The van der Waals surface area contributed by atoms with Crippen molar-refractivity contribution < 1.29 is 14.6 Å². The van der Waals surface area contributed by atoms with E-state index in [0.717, 1.165) is 11.1 Å². The number of amides is 1. The number of ether oxygens (including phenoxy) is 1. The Morgan fingerprint density at radius 3 is 2.48 bits per heavy atom. The van der Waals surface area contributed by atoms with Crippen LogP contribution in [0.5, 0.6) is 5.75 Å². The zero-order chi connectivity index (χ0) is 20.4. The van der Waals surface area contributed by atoms with Gasteiger partial charge in [-0.25, -0.2) is 0 Å². The van der Waals surface area contributed by atoms with E-state index in [2.05, 4.69) is 20.9 Å². The van der Waals surface area contributed by atoms with Crippen molar-refractivity contribution in [3.63, 3.8) is 0 Å². The van der Waals surface area contributed by atoms with Crippen LogP contribution in [-0.4, -0.2) is 44.3 Å². The minimum absolute atomic E-state index is 0. The lowest BCUT2D eigenvalue weighted by atomic mass is 10.0. The van der Waals surface area contributed by atoms with Crippen molar-refractivity contribution in [2.75, 3.05) is 32.6 Å². The molecule has 0 saturated heterocycles. The van der Waals surface area contributed by atoms with Crippen LogP contribution in [0.1, 0.15) is 24.0 Å². The minimum Gasteiger partial charge on any atom is -0.495 e. The van der Waals surface area contributed by atoms with Crippen molar-refractivity contribution in [2.45, 2.75) is 19.4 Å². The van der Waals surface area contributed by atoms with Gasteiger partial charge < -0.3 is 25.8 Å². The Kier molecular flexibility index (Phi) is 11.1. The van der Waals surface area contributed by atoms with Crippen molar-refractivity contribution in [1.29, 1.82) is 0 Å². The molecule has 29 heavy (non-hydrogen) atoms. The summed E-state index contributed by atoms with van der Waals surface area (Å²) >= 11 is 0. The molecule has 2 aromatic rings. The lowest BCUT2D eigenvalue weighted by Gasteiger charge is -2.18. The normalized spacial score (nSPS) is 11.8. The van der Waals surface area contributed by atoms with Gasteiger partial charge in [0.1, 0.15) is 5.75 Å². The van der Waals surface area contributed by atoms with Gasteiger partial charge in [0, 0.05) is 33.0 Å². The number of guanidine groups is 1. The van der Waals surface area contributed by atoms with Gasteiger partial charge in [0.05, 0.1) is 19.4 Å². The number of carbonyl (C=O) groups excluding carboxylic acids is 1. The maximum Gasteiger partial charge on any atom is 0.221 e. The number of nitrogens with one attached hydrogen (secondary N) is 3. The predicted octanol–water partition coefficient (Wildman–Crippen LogP) is 2.71. The maximum absolute atomic E-state index is 11.4. The second-order valence-electron chi connectivity index (χ2n) is 6.31. The summed E-state index contributed by atoms with van der Waals surface area (Å²) in [6, 6.07) is 15.5. The van der Waals surface area contributed by atoms with Crippen LogP contribution in [0.2, 0.25) is 0 Å². The van der Waals surface area contributed by atoms with E-state index in [4.69, 9.17) is 4.74 Å². The van der Waals surface area contributed by atoms with E-state index in [9.17, 15) is 9.90 Å². The van der Waals surface area contributed by atoms with Gasteiger partial charge in [0.2, 0.25) is 5.91 Å². The molecule has 1 unspecified atom stereocenters. The van der Waals surface area contributed by atoms with Crippen molar-refractivity contribution in [2.24, 2.45) is 4.99 Å². The molecule has 1 amide bonds. The van der Waals surface area contributed by atoms with Crippen LogP contribution < -0.4 is 20.7 Å². The molecule has 2 aromatic carbocycles. The average molecular weight is 512 g/mol. The molecule has 0 aliphatic carbocycles. The minimum atomic E-state index is -0.156. The Balaban J connectivity index is 0.00000420. The molecule has 1 atom stereocenters. The topological polar surface area (TPSA) is 95.0 Å². The molecule has 0 heterocycles. The Hall–Kier alpha value is -2.33. The molecule has 0 aliphatic rings. The number of rotatable bonds is 8. The molecule has 0 radical (unpaired) electrons. The molecule has 4 N–H and O–H groups in total. The van der Waals surface area contributed by atoms with E-state index in [1.807, 2.05) is 48.5 Å². The first-order chi connectivity index (χ1) is 13.6. The zero-order valence-corrected chi connectivity index (χ0v) is 19.3. The third-order valence-electron chi connectivity index (χ3n) is 4.27. The van der Waals surface area contributed by atoms with E-state index in [1.54, 1.807) is 14.2 Å². The molecular weight excluding hydrogens is 483 g/mol. The molecule has 0 saturated carbocycles. The van der Waals surface area contributed by atoms with Crippen molar-refractivity contribution in [1.82, 2.24) is 10.6 Å². The summed E-state index contributed by atoms with van der Waals surface area (Å²) < 4.78 is 5.27. The highest BCUT2D eigenvalue weighted by Gasteiger charge is 2.11. The molecule has 7 nitrogen and oxygen atoms in total. The summed E-state index contributed by atoms with van der Waals surface area (Å²) in [6.45, 7) is 2.58. The van der Waals surface area contributed by atoms with Crippen LogP contribution in [-0.2, 0) is 11.3 Å². The van der Waals surface area contributed by atoms with Gasteiger partial charge in [-0.1, -0.05) is 36.4 Å². The number of hydrogen-bond acceptors (Lipinski definition) is 4. The summed E-state index contributed by atoms with van der Waals surface area (Å²) in [7, 11) is 3.26. The highest BCUT2D eigenvalue weighted by molar-refractivity contribution is 14.0. The Morgan fingerprint density at radius 1 is 1.17 bits per heavy atom. The van der Waals surface area contributed by atoms with E-state index in [-0.39, 0.29) is 42.4 Å². The molecule has 0 fully saturated rings. The smallest absolute Gasteiger partial charge is 0.221 e. The van der Waals surface area contributed by atoms with Gasteiger partial charge in [-0.2, -0.15) is 0 Å². The molecule has 0 bridgehead atoms. The van der Waals surface area contributed by atoms with Gasteiger partial charge in [-0.15, -0.1) is 24.0 Å². The Labute approximate surface area is 189 Å². The molecule has 0 aromatic heterocycles. The van der Waals surface area contributed by atoms with Crippen molar-refractivity contribution in [3.8, 4) is 5.75 Å². The van der Waals surface area contributed by atoms with Crippen molar-refractivity contribution in [3.05, 3.63) is 59.7 Å². The fourth-order valence-corrected chi connectivity index (χ4v) is 2.79. The molecule has 8 heteroatoms. The third-order valence-corrected chi connectivity index (χ3v) is 4.27. The monoisotopic (exact) mass is 512 g/mol. The summed E-state index contributed by atoms with van der Waals surface area (Å²) in [5, 5.41) is 18.9. The Morgan fingerprint density at radius 2 is 1.90 bits per heavy atom. The SMILES string of the molecule is CN=C(NCc1ccc(OC)c(NC(C)=O)c1)NCC(CO)c1ccccc1.I. The highest BCUT2D eigenvalue weighted by Crippen LogP contribution is 2.25.